The number of hydrogen-bond donors (Lipinski definition) is 1. The van der Waals surface area contributed by atoms with Gasteiger partial charge in [-0.2, -0.15) is 0 Å². The molecule has 1 fully saturated rings. The van der Waals surface area contributed by atoms with E-state index < -0.39 is 0 Å². The molecule has 0 spiro atoms. The Morgan fingerprint density at radius 2 is 2.31 bits per heavy atom. The van der Waals surface area contributed by atoms with Crippen molar-refractivity contribution < 1.29 is 4.79 Å². The highest BCUT2D eigenvalue weighted by atomic mass is 32.2. The van der Waals surface area contributed by atoms with Gasteiger partial charge in [0, 0.05) is 5.41 Å². The van der Waals surface area contributed by atoms with Gasteiger partial charge in [0.05, 0.1) is 16.9 Å². The summed E-state index contributed by atoms with van der Waals surface area (Å²) < 4.78 is 0. The zero-order valence-electron chi connectivity index (χ0n) is 9.62. The number of rotatable bonds is 4. The van der Waals surface area contributed by atoms with E-state index in [0.717, 1.165) is 29.3 Å². The Bertz CT molecular complexity index is 385. The molecule has 2 rings (SSSR count). The third-order valence-corrected chi connectivity index (χ3v) is 3.66. The van der Waals surface area contributed by atoms with E-state index in [1.807, 2.05) is 19.1 Å². The molecule has 1 aliphatic carbocycles. The third-order valence-electron chi connectivity index (χ3n) is 2.83. The molecule has 1 amide bonds. The smallest absolute Gasteiger partial charge is 0.230 e. The van der Waals surface area contributed by atoms with Crippen LogP contribution in [0.15, 0.2) is 23.4 Å². The van der Waals surface area contributed by atoms with Crippen LogP contribution in [0.4, 0.5) is 5.69 Å². The standard InChI is InChI=1S/C12H16N2OS/c1-3-16-10-5-4-9(8-13-10)14-11(15)12(2)6-7-12/h4-5,8H,3,6-7H2,1-2H3,(H,14,15). The molecule has 0 radical (unpaired) electrons. The summed E-state index contributed by atoms with van der Waals surface area (Å²) in [5.41, 5.74) is 0.662. The topological polar surface area (TPSA) is 42.0 Å². The maximum atomic E-state index is 11.8. The van der Waals surface area contributed by atoms with Gasteiger partial charge in [-0.25, -0.2) is 4.98 Å². The molecule has 0 aromatic carbocycles. The fourth-order valence-electron chi connectivity index (χ4n) is 1.38. The van der Waals surface area contributed by atoms with Crippen LogP contribution in [0.2, 0.25) is 0 Å². The van der Waals surface area contributed by atoms with Crippen LogP contribution in [0, 0.1) is 5.41 Å². The molecule has 4 heteroatoms. The van der Waals surface area contributed by atoms with Crippen molar-refractivity contribution in [2.45, 2.75) is 31.7 Å². The molecule has 0 atom stereocenters. The first-order chi connectivity index (χ1) is 7.64. The van der Waals surface area contributed by atoms with Crippen molar-refractivity contribution in [1.82, 2.24) is 4.98 Å². The van der Waals surface area contributed by atoms with Crippen molar-refractivity contribution in [3.05, 3.63) is 18.3 Å². The minimum atomic E-state index is -0.128. The summed E-state index contributed by atoms with van der Waals surface area (Å²) in [6.07, 6.45) is 3.72. The van der Waals surface area contributed by atoms with Gasteiger partial charge in [-0.05, 0) is 30.7 Å². The highest BCUT2D eigenvalue weighted by Gasteiger charge is 2.44. The number of anilines is 1. The average Bonchev–Trinajstić information content (AvgIpc) is 3.01. The normalized spacial score (nSPS) is 16.9. The van der Waals surface area contributed by atoms with E-state index in [1.165, 1.54) is 0 Å². The predicted molar refractivity (Wildman–Crippen MR) is 66.6 cm³/mol. The molecular formula is C12H16N2OS. The largest absolute Gasteiger partial charge is 0.324 e. The molecule has 0 unspecified atom stereocenters. The highest BCUT2D eigenvalue weighted by Crippen LogP contribution is 2.45. The van der Waals surface area contributed by atoms with Gasteiger partial charge < -0.3 is 5.32 Å². The number of amides is 1. The zero-order chi connectivity index (χ0) is 11.6. The van der Waals surface area contributed by atoms with E-state index in [-0.39, 0.29) is 11.3 Å². The summed E-state index contributed by atoms with van der Waals surface area (Å²) in [5.74, 6) is 1.13. The molecule has 1 aromatic heterocycles. The molecule has 0 saturated heterocycles. The van der Waals surface area contributed by atoms with Crippen molar-refractivity contribution in [3.63, 3.8) is 0 Å². The second-order valence-electron chi connectivity index (χ2n) is 4.33. The molecule has 1 saturated carbocycles. The lowest BCUT2D eigenvalue weighted by Gasteiger charge is -2.09. The van der Waals surface area contributed by atoms with Crippen LogP contribution in [0.25, 0.3) is 0 Å². The number of pyridine rings is 1. The van der Waals surface area contributed by atoms with Gasteiger partial charge in [0.1, 0.15) is 0 Å². The Labute approximate surface area is 100 Å². The summed E-state index contributed by atoms with van der Waals surface area (Å²) in [7, 11) is 0. The van der Waals surface area contributed by atoms with E-state index >= 15 is 0 Å². The molecule has 3 nitrogen and oxygen atoms in total. The number of aromatic nitrogens is 1. The average molecular weight is 236 g/mol. The van der Waals surface area contributed by atoms with Gasteiger partial charge in [-0.15, -0.1) is 11.8 Å². The summed E-state index contributed by atoms with van der Waals surface area (Å²) in [5, 5.41) is 3.90. The first kappa shape index (κ1) is 11.5. The van der Waals surface area contributed by atoms with Gasteiger partial charge in [0.2, 0.25) is 5.91 Å². The zero-order valence-corrected chi connectivity index (χ0v) is 10.4. The molecule has 1 aromatic rings. The number of carbonyl (C=O) groups is 1. The van der Waals surface area contributed by atoms with Crippen molar-refractivity contribution in [2.75, 3.05) is 11.1 Å². The SMILES string of the molecule is CCSc1ccc(NC(=O)C2(C)CC2)cn1. The minimum Gasteiger partial charge on any atom is -0.324 e. The fraction of sp³-hybridized carbons (Fsp3) is 0.500. The molecule has 86 valence electrons. The second kappa shape index (κ2) is 4.45. The second-order valence-corrected chi connectivity index (χ2v) is 5.62. The molecule has 1 heterocycles. The number of thioether (sulfide) groups is 1. The van der Waals surface area contributed by atoms with Crippen molar-refractivity contribution in [1.29, 1.82) is 0 Å². The van der Waals surface area contributed by atoms with Crippen LogP contribution in [-0.4, -0.2) is 16.6 Å². The monoisotopic (exact) mass is 236 g/mol. The lowest BCUT2D eigenvalue weighted by molar-refractivity contribution is -0.120. The predicted octanol–water partition coefficient (Wildman–Crippen LogP) is 2.93. The molecule has 16 heavy (non-hydrogen) atoms. The van der Waals surface area contributed by atoms with Crippen molar-refractivity contribution >= 4 is 23.4 Å². The summed E-state index contributed by atoms with van der Waals surface area (Å²) >= 11 is 1.70. The molecule has 0 aliphatic heterocycles. The Morgan fingerprint density at radius 3 is 2.81 bits per heavy atom. The van der Waals surface area contributed by atoms with Gasteiger partial charge >= 0.3 is 0 Å². The van der Waals surface area contributed by atoms with Crippen LogP contribution in [-0.2, 0) is 4.79 Å². The van der Waals surface area contributed by atoms with Crippen LogP contribution < -0.4 is 5.32 Å². The first-order valence-corrected chi connectivity index (χ1v) is 6.53. The van der Waals surface area contributed by atoms with E-state index in [9.17, 15) is 4.79 Å². The Kier molecular flexibility index (Phi) is 3.19. The quantitative estimate of drug-likeness (QED) is 0.817. The summed E-state index contributed by atoms with van der Waals surface area (Å²) in [6, 6.07) is 3.85. The van der Waals surface area contributed by atoms with Crippen LogP contribution in [0.3, 0.4) is 0 Å². The first-order valence-electron chi connectivity index (χ1n) is 5.54. The van der Waals surface area contributed by atoms with E-state index in [4.69, 9.17) is 0 Å². The van der Waals surface area contributed by atoms with Gasteiger partial charge in [0.15, 0.2) is 0 Å². The van der Waals surface area contributed by atoms with Crippen LogP contribution >= 0.6 is 11.8 Å². The van der Waals surface area contributed by atoms with Gasteiger partial charge in [-0.3, -0.25) is 4.79 Å². The molecular weight excluding hydrogens is 220 g/mol. The van der Waals surface area contributed by atoms with Crippen LogP contribution in [0.5, 0.6) is 0 Å². The fourth-order valence-corrected chi connectivity index (χ4v) is 1.97. The van der Waals surface area contributed by atoms with Crippen LogP contribution in [0.1, 0.15) is 26.7 Å². The summed E-state index contributed by atoms with van der Waals surface area (Å²) in [4.78, 5) is 16.0. The van der Waals surface area contributed by atoms with Crippen molar-refractivity contribution in [3.8, 4) is 0 Å². The Hall–Kier alpha value is -1.03. The third kappa shape index (κ3) is 2.55. The molecule has 1 N–H and O–H groups in total. The lowest BCUT2D eigenvalue weighted by Crippen LogP contribution is -2.21. The van der Waals surface area contributed by atoms with Crippen molar-refractivity contribution in [2.24, 2.45) is 5.41 Å². The lowest BCUT2D eigenvalue weighted by atomic mass is 10.1. The minimum absolute atomic E-state index is 0.116. The Balaban J connectivity index is 1.97. The van der Waals surface area contributed by atoms with E-state index in [1.54, 1.807) is 18.0 Å². The number of hydrogen-bond acceptors (Lipinski definition) is 3. The number of nitrogens with zero attached hydrogens (tertiary/aromatic N) is 1. The van der Waals surface area contributed by atoms with Gasteiger partial charge in [0.25, 0.3) is 0 Å². The van der Waals surface area contributed by atoms with E-state index in [2.05, 4.69) is 17.2 Å². The summed E-state index contributed by atoms with van der Waals surface area (Å²) in [6.45, 7) is 4.09. The van der Waals surface area contributed by atoms with E-state index in [0.29, 0.717) is 0 Å². The Morgan fingerprint density at radius 1 is 1.56 bits per heavy atom. The highest BCUT2D eigenvalue weighted by molar-refractivity contribution is 7.99. The number of nitrogens with one attached hydrogen (secondary N) is 1. The maximum absolute atomic E-state index is 11.8. The molecule has 1 aliphatic rings. The van der Waals surface area contributed by atoms with Gasteiger partial charge in [-0.1, -0.05) is 13.8 Å². The number of carbonyl (C=O) groups excluding carboxylic acids is 1. The maximum Gasteiger partial charge on any atom is 0.230 e. The molecule has 0 bridgehead atoms.